The van der Waals surface area contributed by atoms with Gasteiger partial charge in [-0.15, -0.1) is 10.2 Å². The minimum absolute atomic E-state index is 0.0689. The SMILES string of the molecule is COc1ccc(C(=O)CSc2nnc(-c3ccc[nH]3)o2)cc1OC. The first-order chi connectivity index (χ1) is 11.7. The van der Waals surface area contributed by atoms with E-state index in [4.69, 9.17) is 13.9 Å². The van der Waals surface area contributed by atoms with Gasteiger partial charge in [-0.1, -0.05) is 11.8 Å². The first kappa shape index (κ1) is 16.1. The zero-order valence-corrected chi connectivity index (χ0v) is 13.9. The average molecular weight is 345 g/mol. The molecule has 0 amide bonds. The number of carbonyl (C=O) groups is 1. The topological polar surface area (TPSA) is 90.2 Å². The predicted octanol–water partition coefficient (Wildman–Crippen LogP) is 3.06. The lowest BCUT2D eigenvalue weighted by atomic mass is 10.1. The predicted molar refractivity (Wildman–Crippen MR) is 88.7 cm³/mol. The van der Waals surface area contributed by atoms with E-state index in [0.717, 1.165) is 5.69 Å². The molecule has 0 saturated heterocycles. The summed E-state index contributed by atoms with van der Waals surface area (Å²) in [4.78, 5) is 15.3. The Hall–Kier alpha value is -2.74. The maximum absolute atomic E-state index is 12.3. The van der Waals surface area contributed by atoms with Crippen LogP contribution in [0.25, 0.3) is 11.6 Å². The van der Waals surface area contributed by atoms with E-state index in [2.05, 4.69) is 15.2 Å². The fraction of sp³-hybridized carbons (Fsp3) is 0.188. The quantitative estimate of drug-likeness (QED) is 0.520. The molecular weight excluding hydrogens is 330 g/mol. The smallest absolute Gasteiger partial charge is 0.277 e. The number of ketones is 1. The summed E-state index contributed by atoms with van der Waals surface area (Å²) in [6.07, 6.45) is 1.77. The van der Waals surface area contributed by atoms with Crippen molar-refractivity contribution in [2.75, 3.05) is 20.0 Å². The number of hydrogen-bond donors (Lipinski definition) is 1. The van der Waals surface area contributed by atoms with Crippen LogP contribution in [-0.4, -0.2) is 40.9 Å². The molecule has 3 aromatic rings. The number of Topliss-reactive ketones (excluding diaryl/α,β-unsaturated/α-hetero) is 1. The molecule has 124 valence electrons. The van der Waals surface area contributed by atoms with Gasteiger partial charge in [0.05, 0.1) is 20.0 Å². The number of ether oxygens (including phenoxy) is 2. The van der Waals surface area contributed by atoms with Crippen LogP contribution in [0.4, 0.5) is 0 Å². The van der Waals surface area contributed by atoms with Crippen molar-refractivity contribution in [3.8, 4) is 23.1 Å². The van der Waals surface area contributed by atoms with Crippen molar-refractivity contribution in [3.63, 3.8) is 0 Å². The van der Waals surface area contributed by atoms with Crippen LogP contribution in [0, 0.1) is 0 Å². The summed E-state index contributed by atoms with van der Waals surface area (Å²) in [5.41, 5.74) is 1.27. The molecule has 8 heteroatoms. The summed E-state index contributed by atoms with van der Waals surface area (Å²) in [6.45, 7) is 0. The highest BCUT2D eigenvalue weighted by molar-refractivity contribution is 7.99. The number of nitrogens with one attached hydrogen (secondary N) is 1. The number of aromatic amines is 1. The van der Waals surface area contributed by atoms with Crippen LogP contribution in [0.2, 0.25) is 0 Å². The Balaban J connectivity index is 1.65. The minimum Gasteiger partial charge on any atom is -0.493 e. The molecule has 0 saturated carbocycles. The second kappa shape index (κ2) is 7.22. The number of methoxy groups -OCH3 is 2. The molecule has 0 radical (unpaired) electrons. The number of thioether (sulfide) groups is 1. The zero-order valence-electron chi connectivity index (χ0n) is 13.1. The third-order valence-corrected chi connectivity index (χ3v) is 4.09. The molecule has 0 atom stereocenters. The molecule has 2 aromatic heterocycles. The van der Waals surface area contributed by atoms with E-state index in [1.807, 2.05) is 12.1 Å². The molecule has 24 heavy (non-hydrogen) atoms. The second-order valence-electron chi connectivity index (χ2n) is 4.74. The Morgan fingerprint density at radius 1 is 1.21 bits per heavy atom. The molecular formula is C16H15N3O4S. The van der Waals surface area contributed by atoms with Crippen molar-refractivity contribution in [3.05, 3.63) is 42.1 Å². The molecule has 0 fully saturated rings. The van der Waals surface area contributed by atoms with E-state index in [0.29, 0.717) is 28.2 Å². The monoisotopic (exact) mass is 345 g/mol. The van der Waals surface area contributed by atoms with Gasteiger partial charge in [-0.2, -0.15) is 0 Å². The minimum atomic E-state index is -0.0689. The lowest BCUT2D eigenvalue weighted by Crippen LogP contribution is -2.03. The number of aromatic nitrogens is 3. The molecule has 7 nitrogen and oxygen atoms in total. The summed E-state index contributed by atoms with van der Waals surface area (Å²) in [5, 5.41) is 8.21. The largest absolute Gasteiger partial charge is 0.493 e. The Kier molecular flexibility index (Phi) is 4.85. The van der Waals surface area contributed by atoms with Gasteiger partial charge in [0, 0.05) is 11.8 Å². The maximum atomic E-state index is 12.3. The van der Waals surface area contributed by atoms with Gasteiger partial charge in [-0.05, 0) is 30.3 Å². The van der Waals surface area contributed by atoms with Gasteiger partial charge in [-0.25, -0.2) is 0 Å². The molecule has 0 unspecified atom stereocenters. The van der Waals surface area contributed by atoms with Gasteiger partial charge < -0.3 is 18.9 Å². The van der Waals surface area contributed by atoms with Crippen molar-refractivity contribution in [2.24, 2.45) is 0 Å². The van der Waals surface area contributed by atoms with Crippen LogP contribution in [0.15, 0.2) is 46.2 Å². The highest BCUT2D eigenvalue weighted by Crippen LogP contribution is 2.29. The normalized spacial score (nSPS) is 10.6. The van der Waals surface area contributed by atoms with Crippen molar-refractivity contribution in [1.29, 1.82) is 0 Å². The van der Waals surface area contributed by atoms with E-state index in [9.17, 15) is 4.79 Å². The van der Waals surface area contributed by atoms with Gasteiger partial charge in [-0.3, -0.25) is 4.79 Å². The number of nitrogens with zero attached hydrogens (tertiary/aromatic N) is 2. The van der Waals surface area contributed by atoms with E-state index < -0.39 is 0 Å². The number of carbonyl (C=O) groups excluding carboxylic acids is 1. The Morgan fingerprint density at radius 3 is 2.75 bits per heavy atom. The first-order valence-electron chi connectivity index (χ1n) is 7.06. The van der Waals surface area contributed by atoms with Crippen molar-refractivity contribution in [2.45, 2.75) is 5.22 Å². The third-order valence-electron chi connectivity index (χ3n) is 3.27. The molecule has 0 aliphatic carbocycles. The highest BCUT2D eigenvalue weighted by atomic mass is 32.2. The fourth-order valence-electron chi connectivity index (χ4n) is 2.06. The van der Waals surface area contributed by atoms with E-state index in [-0.39, 0.29) is 11.5 Å². The molecule has 0 aliphatic rings. The summed E-state index contributed by atoms with van der Waals surface area (Å²) < 4.78 is 15.9. The van der Waals surface area contributed by atoms with Crippen LogP contribution in [-0.2, 0) is 0 Å². The summed E-state index contributed by atoms with van der Waals surface area (Å²) in [6, 6.07) is 8.72. The van der Waals surface area contributed by atoms with Crippen LogP contribution < -0.4 is 9.47 Å². The lowest BCUT2D eigenvalue weighted by Gasteiger charge is -2.08. The Morgan fingerprint density at radius 2 is 2.04 bits per heavy atom. The van der Waals surface area contributed by atoms with E-state index in [1.54, 1.807) is 31.5 Å². The van der Waals surface area contributed by atoms with E-state index in [1.165, 1.54) is 18.9 Å². The maximum Gasteiger partial charge on any atom is 0.277 e. The second-order valence-corrected chi connectivity index (χ2v) is 5.67. The number of rotatable bonds is 7. The van der Waals surface area contributed by atoms with Crippen LogP contribution in [0.1, 0.15) is 10.4 Å². The molecule has 1 aromatic carbocycles. The van der Waals surface area contributed by atoms with Crippen LogP contribution >= 0.6 is 11.8 Å². The number of benzene rings is 1. The van der Waals surface area contributed by atoms with Crippen molar-refractivity contribution < 1.29 is 18.7 Å². The Labute approximate surface area is 142 Å². The standard InChI is InChI=1S/C16H15N3O4S/c1-21-13-6-5-10(8-14(13)22-2)12(20)9-24-16-19-18-15(23-16)11-4-3-7-17-11/h3-8,17H,9H2,1-2H3. The fourth-order valence-corrected chi connectivity index (χ4v) is 2.72. The average Bonchev–Trinajstić information content (AvgIpc) is 3.30. The van der Waals surface area contributed by atoms with Crippen LogP contribution in [0.3, 0.4) is 0 Å². The van der Waals surface area contributed by atoms with Crippen molar-refractivity contribution >= 4 is 17.5 Å². The molecule has 0 spiro atoms. The summed E-state index contributed by atoms with van der Waals surface area (Å²) in [7, 11) is 3.08. The van der Waals surface area contributed by atoms with Gasteiger partial charge in [0.15, 0.2) is 17.3 Å². The summed E-state index contributed by atoms with van der Waals surface area (Å²) in [5.74, 6) is 1.60. The Bertz CT molecular complexity index is 830. The molecule has 3 rings (SSSR count). The van der Waals surface area contributed by atoms with Gasteiger partial charge in [0.25, 0.3) is 11.1 Å². The summed E-state index contributed by atoms with van der Waals surface area (Å²) >= 11 is 1.19. The zero-order chi connectivity index (χ0) is 16.9. The molecule has 0 bridgehead atoms. The lowest BCUT2D eigenvalue weighted by molar-refractivity contribution is 0.102. The molecule has 0 aliphatic heterocycles. The molecule has 1 N–H and O–H groups in total. The van der Waals surface area contributed by atoms with Gasteiger partial charge in [0.1, 0.15) is 5.69 Å². The highest BCUT2D eigenvalue weighted by Gasteiger charge is 2.14. The van der Waals surface area contributed by atoms with Crippen LogP contribution in [0.5, 0.6) is 11.5 Å². The first-order valence-corrected chi connectivity index (χ1v) is 8.05. The third kappa shape index (κ3) is 3.43. The van der Waals surface area contributed by atoms with E-state index >= 15 is 0 Å². The molecule has 2 heterocycles. The number of hydrogen-bond acceptors (Lipinski definition) is 7. The van der Waals surface area contributed by atoms with Crippen molar-refractivity contribution in [1.82, 2.24) is 15.2 Å². The van der Waals surface area contributed by atoms with Gasteiger partial charge >= 0.3 is 0 Å². The number of H-pyrrole nitrogens is 1. The van der Waals surface area contributed by atoms with Gasteiger partial charge in [0.2, 0.25) is 0 Å².